The summed E-state index contributed by atoms with van der Waals surface area (Å²) in [6, 6.07) is 7.10. The second-order valence-corrected chi connectivity index (χ2v) is 7.73. The Morgan fingerprint density at radius 2 is 1.95 bits per heavy atom. The second-order valence-electron chi connectivity index (χ2n) is 5.87. The third kappa shape index (κ3) is 3.63. The first kappa shape index (κ1) is 16.4. The molecule has 2 rings (SSSR count). The van der Waals surface area contributed by atoms with Gasteiger partial charge in [0.1, 0.15) is 0 Å². The van der Waals surface area contributed by atoms with Gasteiger partial charge < -0.3 is 10.1 Å². The molecule has 1 aromatic rings. The average molecular weight is 312 g/mol. The number of hydrogen-bond donors (Lipinski definition) is 1. The molecule has 0 unspecified atom stereocenters. The number of hydrogen-bond acceptors (Lipinski definition) is 4. The maximum atomic E-state index is 12.8. The van der Waals surface area contributed by atoms with Crippen molar-refractivity contribution >= 4 is 10.0 Å². The smallest absolute Gasteiger partial charge is 0.243 e. The summed E-state index contributed by atoms with van der Waals surface area (Å²) < 4.78 is 32.5. The fraction of sp³-hybridized carbons (Fsp3) is 0.600. The van der Waals surface area contributed by atoms with Crippen LogP contribution < -0.4 is 5.32 Å². The van der Waals surface area contributed by atoms with Crippen molar-refractivity contribution in [2.75, 3.05) is 26.3 Å². The molecule has 1 saturated heterocycles. The van der Waals surface area contributed by atoms with Crippen LogP contribution in [0, 0.1) is 0 Å². The van der Waals surface area contributed by atoms with Gasteiger partial charge in [0.05, 0.1) is 23.6 Å². The molecule has 0 amide bonds. The van der Waals surface area contributed by atoms with Crippen LogP contribution in [-0.2, 0) is 21.3 Å². The third-order valence-electron chi connectivity index (χ3n) is 3.66. The summed E-state index contributed by atoms with van der Waals surface area (Å²) in [6.45, 7) is 8.73. The van der Waals surface area contributed by atoms with E-state index in [0.29, 0.717) is 24.7 Å². The van der Waals surface area contributed by atoms with Gasteiger partial charge >= 0.3 is 0 Å². The number of rotatable bonds is 5. The number of nitrogens with zero attached hydrogens (tertiary/aromatic N) is 1. The van der Waals surface area contributed by atoms with Crippen molar-refractivity contribution in [3.8, 4) is 0 Å². The maximum absolute atomic E-state index is 12.8. The first-order chi connectivity index (χ1) is 9.88. The van der Waals surface area contributed by atoms with Gasteiger partial charge in [-0.3, -0.25) is 0 Å². The Balaban J connectivity index is 2.22. The first-order valence-corrected chi connectivity index (χ1v) is 8.72. The van der Waals surface area contributed by atoms with Crippen LogP contribution in [0.5, 0.6) is 0 Å². The van der Waals surface area contributed by atoms with Gasteiger partial charge in [0.15, 0.2) is 0 Å². The topological polar surface area (TPSA) is 58.6 Å². The van der Waals surface area contributed by atoms with Crippen LogP contribution in [0.2, 0.25) is 0 Å². The molecule has 1 aromatic carbocycles. The molecule has 5 nitrogen and oxygen atoms in total. The zero-order valence-corrected chi connectivity index (χ0v) is 13.7. The zero-order chi connectivity index (χ0) is 15.5. The number of nitrogens with one attached hydrogen (secondary N) is 1. The molecule has 0 saturated carbocycles. The first-order valence-electron chi connectivity index (χ1n) is 7.28. The van der Waals surface area contributed by atoms with E-state index in [-0.39, 0.29) is 0 Å². The number of ether oxygens (including phenoxy) is 1. The number of sulfonamides is 1. The van der Waals surface area contributed by atoms with E-state index in [1.807, 2.05) is 32.9 Å². The van der Waals surface area contributed by atoms with Crippen LogP contribution in [0.1, 0.15) is 26.3 Å². The van der Waals surface area contributed by atoms with Gasteiger partial charge in [0.2, 0.25) is 10.0 Å². The van der Waals surface area contributed by atoms with Crippen molar-refractivity contribution in [2.24, 2.45) is 0 Å². The van der Waals surface area contributed by atoms with Crippen molar-refractivity contribution < 1.29 is 13.2 Å². The summed E-state index contributed by atoms with van der Waals surface area (Å²) in [5, 5.41) is 3.22. The molecule has 1 aliphatic heterocycles. The minimum Gasteiger partial charge on any atom is -0.378 e. The molecule has 1 N–H and O–H groups in total. The Morgan fingerprint density at radius 3 is 2.52 bits per heavy atom. The molecule has 6 heteroatoms. The van der Waals surface area contributed by atoms with Crippen molar-refractivity contribution in [1.82, 2.24) is 9.62 Å². The lowest BCUT2D eigenvalue weighted by molar-refractivity contribution is -0.00770. The minimum atomic E-state index is -3.47. The molecule has 0 bridgehead atoms. The van der Waals surface area contributed by atoms with Gasteiger partial charge in [-0.1, -0.05) is 19.1 Å². The largest absolute Gasteiger partial charge is 0.378 e. The molecule has 1 aliphatic rings. The number of morpholine rings is 1. The van der Waals surface area contributed by atoms with Crippen LogP contribution in [0.25, 0.3) is 0 Å². The molecule has 21 heavy (non-hydrogen) atoms. The highest BCUT2D eigenvalue weighted by Gasteiger charge is 2.39. The van der Waals surface area contributed by atoms with Gasteiger partial charge in [-0.05, 0) is 38.1 Å². The van der Waals surface area contributed by atoms with E-state index in [1.165, 1.54) is 0 Å². The Labute approximate surface area is 127 Å². The molecule has 1 heterocycles. The van der Waals surface area contributed by atoms with Crippen molar-refractivity contribution in [2.45, 2.75) is 37.8 Å². The number of benzene rings is 1. The predicted molar refractivity (Wildman–Crippen MR) is 82.6 cm³/mol. The molecular weight excluding hydrogens is 288 g/mol. The van der Waals surface area contributed by atoms with Gasteiger partial charge in [-0.15, -0.1) is 0 Å². The van der Waals surface area contributed by atoms with E-state index in [4.69, 9.17) is 4.74 Å². The van der Waals surface area contributed by atoms with E-state index >= 15 is 0 Å². The molecular formula is C15H24N2O3S. The Kier molecular flexibility index (Phi) is 5.03. The summed E-state index contributed by atoms with van der Waals surface area (Å²) in [7, 11) is -3.47. The van der Waals surface area contributed by atoms with Crippen LogP contribution >= 0.6 is 0 Å². The van der Waals surface area contributed by atoms with Crippen molar-refractivity contribution in [1.29, 1.82) is 0 Å². The molecule has 0 atom stereocenters. The quantitative estimate of drug-likeness (QED) is 0.897. The van der Waals surface area contributed by atoms with Gasteiger partial charge in [0, 0.05) is 13.1 Å². The van der Waals surface area contributed by atoms with Gasteiger partial charge in [-0.25, -0.2) is 8.42 Å². The Morgan fingerprint density at radius 1 is 1.29 bits per heavy atom. The zero-order valence-electron chi connectivity index (χ0n) is 12.9. The van der Waals surface area contributed by atoms with Crippen molar-refractivity contribution in [3.05, 3.63) is 29.8 Å². The summed E-state index contributed by atoms with van der Waals surface area (Å²) in [4.78, 5) is 0.345. The summed E-state index contributed by atoms with van der Waals surface area (Å²) in [5.74, 6) is 0. The fourth-order valence-corrected chi connectivity index (χ4v) is 4.22. The summed E-state index contributed by atoms with van der Waals surface area (Å²) >= 11 is 0. The van der Waals surface area contributed by atoms with Gasteiger partial charge in [-0.2, -0.15) is 4.31 Å². The van der Waals surface area contributed by atoms with E-state index in [0.717, 1.165) is 18.7 Å². The monoisotopic (exact) mass is 312 g/mol. The molecule has 0 aromatic heterocycles. The third-order valence-corrected chi connectivity index (χ3v) is 5.78. The molecule has 0 radical (unpaired) electrons. The second kappa shape index (κ2) is 6.44. The highest BCUT2D eigenvalue weighted by Crippen LogP contribution is 2.27. The average Bonchev–Trinajstić information content (AvgIpc) is 2.44. The molecule has 0 aliphatic carbocycles. The van der Waals surface area contributed by atoms with Crippen LogP contribution in [0.3, 0.4) is 0 Å². The Bertz CT molecular complexity index is 567. The fourth-order valence-electron chi connectivity index (χ4n) is 2.47. The van der Waals surface area contributed by atoms with E-state index in [1.54, 1.807) is 16.4 Å². The molecule has 118 valence electrons. The van der Waals surface area contributed by atoms with Crippen LogP contribution in [0.4, 0.5) is 0 Å². The highest BCUT2D eigenvalue weighted by atomic mass is 32.2. The normalized spacial score (nSPS) is 19.6. The minimum absolute atomic E-state index is 0.345. The van der Waals surface area contributed by atoms with E-state index in [2.05, 4.69) is 5.32 Å². The summed E-state index contributed by atoms with van der Waals surface area (Å²) in [5.41, 5.74) is 0.566. The molecule has 1 fully saturated rings. The highest BCUT2D eigenvalue weighted by molar-refractivity contribution is 7.89. The summed E-state index contributed by atoms with van der Waals surface area (Å²) in [6.07, 6.45) is 0. The van der Waals surface area contributed by atoms with E-state index < -0.39 is 15.6 Å². The van der Waals surface area contributed by atoms with Crippen molar-refractivity contribution in [3.63, 3.8) is 0 Å². The van der Waals surface area contributed by atoms with Gasteiger partial charge in [0.25, 0.3) is 0 Å². The SMILES string of the molecule is CCNCc1ccc(S(=O)(=O)N2CCOCC2(C)C)cc1. The standard InChI is InChI=1S/C15H24N2O3S/c1-4-16-11-13-5-7-14(8-6-13)21(18,19)17-9-10-20-12-15(17,2)3/h5-8,16H,4,9-12H2,1-3H3. The lowest BCUT2D eigenvalue weighted by atomic mass is 10.1. The van der Waals surface area contributed by atoms with Crippen LogP contribution in [-0.4, -0.2) is 44.6 Å². The Hall–Kier alpha value is -0.950. The lowest BCUT2D eigenvalue weighted by Crippen LogP contribution is -2.55. The predicted octanol–water partition coefficient (Wildman–Crippen LogP) is 1.60. The maximum Gasteiger partial charge on any atom is 0.243 e. The van der Waals surface area contributed by atoms with Crippen LogP contribution in [0.15, 0.2) is 29.2 Å². The van der Waals surface area contributed by atoms with E-state index in [9.17, 15) is 8.42 Å². The lowest BCUT2D eigenvalue weighted by Gasteiger charge is -2.40. The molecule has 0 spiro atoms.